The molecular formula is C15H15F3N2. The Labute approximate surface area is 115 Å². The van der Waals surface area contributed by atoms with Crippen molar-refractivity contribution in [2.45, 2.75) is 25.6 Å². The number of nitrogens with zero attached hydrogens (tertiary/aromatic N) is 1. The van der Waals surface area contributed by atoms with Crippen molar-refractivity contribution in [3.63, 3.8) is 0 Å². The Morgan fingerprint density at radius 2 is 2.00 bits per heavy atom. The van der Waals surface area contributed by atoms with Crippen molar-refractivity contribution in [3.8, 4) is 0 Å². The molecule has 1 atom stereocenters. The SMILES string of the molecule is Cc1cnccc1C(N)Cc1cccc(C(F)(F)F)c1. The maximum absolute atomic E-state index is 12.7. The van der Waals surface area contributed by atoms with Crippen LogP contribution in [0.1, 0.15) is 28.3 Å². The highest BCUT2D eigenvalue weighted by Crippen LogP contribution is 2.30. The molecule has 1 aromatic carbocycles. The topological polar surface area (TPSA) is 38.9 Å². The summed E-state index contributed by atoms with van der Waals surface area (Å²) in [7, 11) is 0. The molecule has 2 aromatic rings. The van der Waals surface area contributed by atoms with Gasteiger partial charge in [0.1, 0.15) is 0 Å². The second-order valence-electron chi connectivity index (χ2n) is 4.74. The highest BCUT2D eigenvalue weighted by atomic mass is 19.4. The van der Waals surface area contributed by atoms with Crippen LogP contribution in [0.15, 0.2) is 42.7 Å². The summed E-state index contributed by atoms with van der Waals surface area (Å²) in [4.78, 5) is 3.98. The third-order valence-electron chi connectivity index (χ3n) is 3.17. The molecule has 0 radical (unpaired) electrons. The highest BCUT2D eigenvalue weighted by molar-refractivity contribution is 5.30. The van der Waals surface area contributed by atoms with Crippen LogP contribution in [0.3, 0.4) is 0 Å². The fourth-order valence-electron chi connectivity index (χ4n) is 2.14. The van der Waals surface area contributed by atoms with Gasteiger partial charge in [0.15, 0.2) is 0 Å². The summed E-state index contributed by atoms with van der Waals surface area (Å²) in [6.45, 7) is 1.88. The smallest absolute Gasteiger partial charge is 0.324 e. The molecule has 5 heteroatoms. The van der Waals surface area contributed by atoms with Crippen LogP contribution in [0.2, 0.25) is 0 Å². The number of alkyl halides is 3. The predicted molar refractivity (Wildman–Crippen MR) is 71.1 cm³/mol. The van der Waals surface area contributed by atoms with Gasteiger partial charge in [-0.05, 0) is 42.2 Å². The van der Waals surface area contributed by atoms with Gasteiger partial charge in [0.25, 0.3) is 0 Å². The van der Waals surface area contributed by atoms with Crippen LogP contribution in [0.25, 0.3) is 0 Å². The molecular weight excluding hydrogens is 265 g/mol. The minimum Gasteiger partial charge on any atom is -0.324 e. The number of aryl methyl sites for hydroxylation is 1. The van der Waals surface area contributed by atoms with Gasteiger partial charge in [-0.15, -0.1) is 0 Å². The van der Waals surface area contributed by atoms with Gasteiger partial charge in [0, 0.05) is 18.4 Å². The summed E-state index contributed by atoms with van der Waals surface area (Å²) < 4.78 is 38.0. The number of aromatic nitrogens is 1. The van der Waals surface area contributed by atoms with Crippen molar-refractivity contribution in [2.24, 2.45) is 5.73 Å². The summed E-state index contributed by atoms with van der Waals surface area (Å²) >= 11 is 0. The number of rotatable bonds is 3. The van der Waals surface area contributed by atoms with Gasteiger partial charge in [-0.25, -0.2) is 0 Å². The lowest BCUT2D eigenvalue weighted by Crippen LogP contribution is -2.15. The molecule has 2 nitrogen and oxygen atoms in total. The maximum atomic E-state index is 12.7. The van der Waals surface area contributed by atoms with Crippen molar-refractivity contribution in [3.05, 3.63) is 65.0 Å². The molecule has 0 amide bonds. The van der Waals surface area contributed by atoms with E-state index in [1.54, 1.807) is 24.5 Å². The number of hydrogen-bond acceptors (Lipinski definition) is 2. The molecule has 0 spiro atoms. The van der Waals surface area contributed by atoms with Crippen molar-refractivity contribution < 1.29 is 13.2 Å². The van der Waals surface area contributed by atoms with E-state index in [1.807, 2.05) is 6.92 Å². The molecule has 0 aliphatic heterocycles. The molecule has 2 N–H and O–H groups in total. The second-order valence-corrected chi connectivity index (χ2v) is 4.74. The van der Waals surface area contributed by atoms with E-state index < -0.39 is 11.7 Å². The maximum Gasteiger partial charge on any atom is 0.416 e. The largest absolute Gasteiger partial charge is 0.416 e. The summed E-state index contributed by atoms with van der Waals surface area (Å²) in [5, 5.41) is 0. The standard InChI is InChI=1S/C15H15F3N2/c1-10-9-20-6-5-13(10)14(19)8-11-3-2-4-12(7-11)15(16,17)18/h2-7,9,14H,8,19H2,1H3. The highest BCUT2D eigenvalue weighted by Gasteiger charge is 2.30. The van der Waals surface area contributed by atoms with Gasteiger partial charge in [0.05, 0.1) is 5.56 Å². The van der Waals surface area contributed by atoms with Crippen LogP contribution in [-0.2, 0) is 12.6 Å². The molecule has 0 saturated carbocycles. The van der Waals surface area contributed by atoms with Crippen molar-refractivity contribution in [1.29, 1.82) is 0 Å². The van der Waals surface area contributed by atoms with Crippen molar-refractivity contribution in [1.82, 2.24) is 4.98 Å². The van der Waals surface area contributed by atoms with E-state index in [1.165, 1.54) is 6.07 Å². The van der Waals surface area contributed by atoms with Gasteiger partial charge < -0.3 is 5.73 Å². The monoisotopic (exact) mass is 280 g/mol. The first kappa shape index (κ1) is 14.5. The average Bonchev–Trinajstić information content (AvgIpc) is 2.38. The Balaban J connectivity index is 2.20. The van der Waals surface area contributed by atoms with E-state index in [2.05, 4.69) is 4.98 Å². The molecule has 0 aliphatic rings. The second kappa shape index (κ2) is 5.63. The van der Waals surface area contributed by atoms with Crippen LogP contribution >= 0.6 is 0 Å². The molecule has 0 aliphatic carbocycles. The van der Waals surface area contributed by atoms with Gasteiger partial charge in [0.2, 0.25) is 0 Å². The van der Waals surface area contributed by atoms with Gasteiger partial charge in [-0.2, -0.15) is 13.2 Å². The zero-order valence-electron chi connectivity index (χ0n) is 11.0. The first-order chi connectivity index (χ1) is 9.38. The molecule has 1 unspecified atom stereocenters. The van der Waals surface area contributed by atoms with E-state index >= 15 is 0 Å². The van der Waals surface area contributed by atoms with E-state index in [9.17, 15) is 13.2 Å². The van der Waals surface area contributed by atoms with Gasteiger partial charge in [-0.1, -0.05) is 18.2 Å². The van der Waals surface area contributed by atoms with E-state index in [4.69, 9.17) is 5.73 Å². The lowest BCUT2D eigenvalue weighted by Gasteiger charge is -2.15. The summed E-state index contributed by atoms with van der Waals surface area (Å²) in [5.74, 6) is 0. The zero-order chi connectivity index (χ0) is 14.8. The molecule has 0 fully saturated rings. The summed E-state index contributed by atoms with van der Waals surface area (Å²) in [6, 6.07) is 6.73. The summed E-state index contributed by atoms with van der Waals surface area (Å²) in [6.07, 6.45) is -0.642. The van der Waals surface area contributed by atoms with E-state index in [0.717, 1.165) is 23.3 Å². The number of pyridine rings is 1. The van der Waals surface area contributed by atoms with Crippen LogP contribution in [0, 0.1) is 6.92 Å². The third kappa shape index (κ3) is 3.36. The fraction of sp³-hybridized carbons (Fsp3) is 0.267. The lowest BCUT2D eigenvalue weighted by molar-refractivity contribution is -0.137. The summed E-state index contributed by atoms with van der Waals surface area (Å²) in [5.41, 5.74) is 7.84. The molecule has 1 aromatic heterocycles. The Morgan fingerprint density at radius 3 is 2.65 bits per heavy atom. The van der Waals surface area contributed by atoms with Crippen LogP contribution in [0.5, 0.6) is 0 Å². The first-order valence-electron chi connectivity index (χ1n) is 6.20. The van der Waals surface area contributed by atoms with Crippen LogP contribution in [-0.4, -0.2) is 4.98 Å². The Bertz CT molecular complexity index is 594. The molecule has 106 valence electrons. The van der Waals surface area contributed by atoms with Crippen LogP contribution in [0.4, 0.5) is 13.2 Å². The number of hydrogen-bond donors (Lipinski definition) is 1. The lowest BCUT2D eigenvalue weighted by atomic mass is 9.96. The molecule has 0 bridgehead atoms. The first-order valence-corrected chi connectivity index (χ1v) is 6.20. The third-order valence-corrected chi connectivity index (χ3v) is 3.17. The normalized spacial score (nSPS) is 13.2. The van der Waals surface area contributed by atoms with Crippen molar-refractivity contribution in [2.75, 3.05) is 0 Å². The van der Waals surface area contributed by atoms with E-state index in [-0.39, 0.29) is 6.04 Å². The van der Waals surface area contributed by atoms with E-state index in [0.29, 0.717) is 12.0 Å². The molecule has 1 heterocycles. The predicted octanol–water partition coefficient (Wildman–Crippen LogP) is 3.65. The average molecular weight is 280 g/mol. The molecule has 2 rings (SSSR count). The Hall–Kier alpha value is -1.88. The van der Waals surface area contributed by atoms with Gasteiger partial charge >= 0.3 is 6.18 Å². The van der Waals surface area contributed by atoms with Crippen molar-refractivity contribution >= 4 is 0 Å². The quantitative estimate of drug-likeness (QED) is 0.932. The number of benzene rings is 1. The molecule has 20 heavy (non-hydrogen) atoms. The zero-order valence-corrected chi connectivity index (χ0v) is 11.0. The minimum atomic E-state index is -4.33. The Morgan fingerprint density at radius 1 is 1.25 bits per heavy atom. The fourth-order valence-corrected chi connectivity index (χ4v) is 2.14. The number of halogens is 3. The van der Waals surface area contributed by atoms with Crippen LogP contribution < -0.4 is 5.73 Å². The number of nitrogens with two attached hydrogens (primary N) is 1. The molecule has 0 saturated heterocycles. The van der Waals surface area contributed by atoms with Gasteiger partial charge in [-0.3, -0.25) is 4.98 Å². The Kier molecular flexibility index (Phi) is 4.09. The minimum absolute atomic E-state index is 0.346.